The van der Waals surface area contributed by atoms with Crippen LogP contribution in [0.3, 0.4) is 0 Å². The van der Waals surface area contributed by atoms with Gasteiger partial charge < -0.3 is 20.6 Å². The van der Waals surface area contributed by atoms with Crippen molar-refractivity contribution in [1.29, 1.82) is 0 Å². The van der Waals surface area contributed by atoms with Crippen LogP contribution in [-0.4, -0.2) is 41.3 Å². The molecule has 0 fully saturated rings. The van der Waals surface area contributed by atoms with Crippen molar-refractivity contribution >= 4 is 6.29 Å². The summed E-state index contributed by atoms with van der Waals surface area (Å²) in [6.45, 7) is 0.233. The van der Waals surface area contributed by atoms with E-state index in [1.54, 1.807) is 7.05 Å². The monoisotopic (exact) mass is 225 g/mol. The largest absolute Gasteiger partial charge is 0.507 e. The number of rotatable bonds is 5. The van der Waals surface area contributed by atoms with E-state index in [9.17, 15) is 20.1 Å². The van der Waals surface area contributed by atoms with Gasteiger partial charge in [-0.3, -0.25) is 4.79 Å². The van der Waals surface area contributed by atoms with E-state index in [2.05, 4.69) is 5.32 Å². The molecule has 0 aliphatic heterocycles. The summed E-state index contributed by atoms with van der Waals surface area (Å²) in [5, 5.41) is 31.4. The van der Waals surface area contributed by atoms with Crippen LogP contribution in [0.5, 0.6) is 5.75 Å². The minimum absolute atomic E-state index is 0.152. The van der Waals surface area contributed by atoms with E-state index in [0.29, 0.717) is 11.8 Å². The molecule has 1 aromatic carbocycles. The molecule has 0 aliphatic rings. The van der Waals surface area contributed by atoms with Gasteiger partial charge in [-0.25, -0.2) is 0 Å². The fraction of sp³-hybridized carbons (Fsp3) is 0.364. The number of hydrogen-bond donors (Lipinski definition) is 4. The summed E-state index contributed by atoms with van der Waals surface area (Å²) in [5.74, 6) is -0.205. The summed E-state index contributed by atoms with van der Waals surface area (Å²) >= 11 is 0. The van der Waals surface area contributed by atoms with Gasteiger partial charge in [0.25, 0.3) is 0 Å². The van der Waals surface area contributed by atoms with Crippen LogP contribution >= 0.6 is 0 Å². The molecule has 5 nitrogen and oxygen atoms in total. The number of phenols is 1. The first kappa shape index (κ1) is 12.6. The smallest absolute Gasteiger partial charge is 0.153 e. The fourth-order valence-electron chi connectivity index (χ4n) is 1.39. The van der Waals surface area contributed by atoms with Crippen molar-refractivity contribution in [2.45, 2.75) is 12.2 Å². The highest BCUT2D eigenvalue weighted by atomic mass is 16.3. The Balaban J connectivity index is 2.88. The molecular weight excluding hydrogens is 210 g/mol. The van der Waals surface area contributed by atoms with Crippen LogP contribution in [0.15, 0.2) is 18.2 Å². The summed E-state index contributed by atoms with van der Waals surface area (Å²) in [7, 11) is 1.66. The molecule has 0 spiro atoms. The molecule has 5 heteroatoms. The van der Waals surface area contributed by atoms with Crippen LogP contribution in [0.1, 0.15) is 22.0 Å². The molecule has 2 unspecified atom stereocenters. The number of aliphatic hydroxyl groups is 2. The zero-order valence-corrected chi connectivity index (χ0v) is 8.92. The number of carbonyl (C=O) groups excluding carboxylic acids is 1. The third-order valence-electron chi connectivity index (χ3n) is 2.30. The second-order valence-corrected chi connectivity index (χ2v) is 3.51. The van der Waals surface area contributed by atoms with Gasteiger partial charge in [0.05, 0.1) is 11.7 Å². The van der Waals surface area contributed by atoms with Crippen molar-refractivity contribution in [3.05, 3.63) is 29.3 Å². The maximum Gasteiger partial charge on any atom is 0.153 e. The first-order chi connectivity index (χ1) is 7.60. The first-order valence-electron chi connectivity index (χ1n) is 4.89. The van der Waals surface area contributed by atoms with Gasteiger partial charge in [-0.2, -0.15) is 0 Å². The third kappa shape index (κ3) is 2.79. The highest BCUT2D eigenvalue weighted by Gasteiger charge is 2.18. The van der Waals surface area contributed by atoms with Crippen LogP contribution < -0.4 is 5.32 Å². The summed E-state index contributed by atoms with van der Waals surface area (Å²) < 4.78 is 0. The van der Waals surface area contributed by atoms with Gasteiger partial charge in [0.2, 0.25) is 0 Å². The molecule has 4 N–H and O–H groups in total. The zero-order chi connectivity index (χ0) is 12.1. The Hall–Kier alpha value is -1.43. The fourth-order valence-corrected chi connectivity index (χ4v) is 1.39. The predicted molar refractivity (Wildman–Crippen MR) is 58.4 cm³/mol. The Bertz CT molecular complexity index is 367. The minimum atomic E-state index is -1.10. The summed E-state index contributed by atoms with van der Waals surface area (Å²) in [6.07, 6.45) is -1.54. The molecule has 0 saturated heterocycles. The number of likely N-dealkylation sites (N-methyl/N-ethyl adjacent to an activating group) is 1. The molecule has 1 aromatic rings. The van der Waals surface area contributed by atoms with Crippen LogP contribution in [0, 0.1) is 0 Å². The second kappa shape index (κ2) is 5.60. The van der Waals surface area contributed by atoms with E-state index in [4.69, 9.17) is 0 Å². The number of benzene rings is 1. The standard InChI is InChI=1S/C11H15NO4/c1-12-5-10(15)11(16)7-2-3-8(6-13)9(14)4-7/h2-4,6,10-12,14-16H,5H2,1H3. The van der Waals surface area contributed by atoms with E-state index in [1.165, 1.54) is 18.2 Å². The van der Waals surface area contributed by atoms with Crippen LogP contribution in [-0.2, 0) is 0 Å². The van der Waals surface area contributed by atoms with E-state index in [1.807, 2.05) is 0 Å². The lowest BCUT2D eigenvalue weighted by Crippen LogP contribution is -2.29. The van der Waals surface area contributed by atoms with Crippen LogP contribution in [0.25, 0.3) is 0 Å². The van der Waals surface area contributed by atoms with E-state index < -0.39 is 12.2 Å². The summed E-state index contributed by atoms with van der Waals surface area (Å²) in [6, 6.07) is 4.16. The normalized spacial score (nSPS) is 14.4. The molecule has 0 saturated carbocycles. The molecule has 0 amide bonds. The Morgan fingerprint density at radius 3 is 2.62 bits per heavy atom. The van der Waals surface area contributed by atoms with Gasteiger partial charge in [-0.15, -0.1) is 0 Å². The zero-order valence-electron chi connectivity index (χ0n) is 8.92. The maximum atomic E-state index is 10.5. The number of aromatic hydroxyl groups is 1. The van der Waals surface area contributed by atoms with E-state index in [0.717, 1.165) is 0 Å². The van der Waals surface area contributed by atoms with Gasteiger partial charge in [0.15, 0.2) is 6.29 Å². The molecule has 0 radical (unpaired) electrons. The number of aliphatic hydroxyl groups excluding tert-OH is 2. The van der Waals surface area contributed by atoms with Gasteiger partial charge in [0.1, 0.15) is 11.9 Å². The van der Waals surface area contributed by atoms with Crippen molar-refractivity contribution in [3.8, 4) is 5.75 Å². The summed E-state index contributed by atoms with van der Waals surface area (Å²) in [5.41, 5.74) is 0.518. The number of nitrogens with one attached hydrogen (secondary N) is 1. The van der Waals surface area contributed by atoms with Crippen molar-refractivity contribution in [1.82, 2.24) is 5.32 Å². The first-order valence-corrected chi connectivity index (χ1v) is 4.89. The van der Waals surface area contributed by atoms with Crippen molar-refractivity contribution in [2.75, 3.05) is 13.6 Å². The average Bonchev–Trinajstić information content (AvgIpc) is 2.28. The quantitative estimate of drug-likeness (QED) is 0.522. The average molecular weight is 225 g/mol. The molecule has 88 valence electrons. The minimum Gasteiger partial charge on any atom is -0.507 e. The van der Waals surface area contributed by atoms with Gasteiger partial charge in [0, 0.05) is 6.54 Å². The topological polar surface area (TPSA) is 89.8 Å². The highest BCUT2D eigenvalue weighted by Crippen LogP contribution is 2.23. The predicted octanol–water partition coefficient (Wildman–Crippen LogP) is -0.182. The van der Waals surface area contributed by atoms with Crippen molar-refractivity contribution < 1.29 is 20.1 Å². The number of phenolic OH excluding ortho intramolecular Hbond substituents is 1. The van der Waals surface area contributed by atoms with Crippen molar-refractivity contribution in [3.63, 3.8) is 0 Å². The molecule has 1 rings (SSSR count). The lowest BCUT2D eigenvalue weighted by Gasteiger charge is -2.18. The maximum absolute atomic E-state index is 10.5. The van der Waals surface area contributed by atoms with Gasteiger partial charge in [-0.1, -0.05) is 6.07 Å². The number of carbonyl (C=O) groups is 1. The lowest BCUT2D eigenvalue weighted by molar-refractivity contribution is 0.0201. The second-order valence-electron chi connectivity index (χ2n) is 3.51. The molecule has 0 heterocycles. The SMILES string of the molecule is CNCC(O)C(O)c1ccc(C=O)c(O)c1. The Morgan fingerprint density at radius 2 is 2.12 bits per heavy atom. The number of aldehydes is 1. The Labute approximate surface area is 93.4 Å². The van der Waals surface area contributed by atoms with Crippen LogP contribution in [0.4, 0.5) is 0 Å². The van der Waals surface area contributed by atoms with E-state index in [-0.39, 0.29) is 17.9 Å². The lowest BCUT2D eigenvalue weighted by atomic mass is 10.0. The molecule has 0 aliphatic carbocycles. The molecule has 16 heavy (non-hydrogen) atoms. The Morgan fingerprint density at radius 1 is 1.44 bits per heavy atom. The highest BCUT2D eigenvalue weighted by molar-refractivity contribution is 5.79. The van der Waals surface area contributed by atoms with E-state index >= 15 is 0 Å². The molecule has 0 bridgehead atoms. The molecular formula is C11H15NO4. The van der Waals surface area contributed by atoms with Crippen LogP contribution in [0.2, 0.25) is 0 Å². The van der Waals surface area contributed by atoms with Gasteiger partial charge >= 0.3 is 0 Å². The number of hydrogen-bond acceptors (Lipinski definition) is 5. The molecule has 2 atom stereocenters. The Kier molecular flexibility index (Phi) is 4.42. The van der Waals surface area contributed by atoms with Crippen molar-refractivity contribution in [2.24, 2.45) is 0 Å². The third-order valence-corrected chi connectivity index (χ3v) is 2.30. The van der Waals surface area contributed by atoms with Gasteiger partial charge in [-0.05, 0) is 24.7 Å². The molecule has 0 aromatic heterocycles. The summed E-state index contributed by atoms with van der Waals surface area (Å²) in [4.78, 5) is 10.5.